The zero-order chi connectivity index (χ0) is 15.0. The molecule has 5 nitrogen and oxygen atoms in total. The van der Waals surface area contributed by atoms with Crippen molar-refractivity contribution >= 4 is 11.8 Å². The first-order valence-electron chi connectivity index (χ1n) is 8.36. The summed E-state index contributed by atoms with van der Waals surface area (Å²) < 4.78 is 0. The van der Waals surface area contributed by atoms with Gasteiger partial charge in [-0.1, -0.05) is 6.42 Å². The lowest BCUT2D eigenvalue weighted by Gasteiger charge is -2.43. The van der Waals surface area contributed by atoms with E-state index < -0.39 is 0 Å². The standard InChI is InChI=1S/C16H27N3O2/c1-10(20)19-6-5-14(9-19)18-16(21)13-7-11-3-2-4-12(8-13)15(11)17/h11-15H,2-9,17H2,1H3,(H,18,21). The number of hydrogen-bond donors (Lipinski definition) is 2. The molecule has 2 aliphatic carbocycles. The molecule has 0 aromatic heterocycles. The van der Waals surface area contributed by atoms with E-state index in [1.54, 1.807) is 6.92 Å². The molecule has 3 aliphatic rings. The van der Waals surface area contributed by atoms with Gasteiger partial charge in [0.05, 0.1) is 0 Å². The van der Waals surface area contributed by atoms with Gasteiger partial charge < -0.3 is 16.0 Å². The van der Waals surface area contributed by atoms with Crippen LogP contribution in [0.25, 0.3) is 0 Å². The Balaban J connectivity index is 1.53. The van der Waals surface area contributed by atoms with E-state index in [4.69, 9.17) is 5.73 Å². The van der Waals surface area contributed by atoms with Crippen molar-refractivity contribution in [2.75, 3.05) is 13.1 Å². The summed E-state index contributed by atoms with van der Waals surface area (Å²) in [6.45, 7) is 3.02. The van der Waals surface area contributed by atoms with Crippen molar-refractivity contribution in [1.82, 2.24) is 10.2 Å². The van der Waals surface area contributed by atoms with Crippen LogP contribution in [0.3, 0.4) is 0 Å². The van der Waals surface area contributed by atoms with Crippen molar-refractivity contribution in [2.24, 2.45) is 23.5 Å². The normalized spacial score (nSPS) is 39.1. The summed E-state index contributed by atoms with van der Waals surface area (Å²) in [7, 11) is 0. The van der Waals surface area contributed by atoms with E-state index >= 15 is 0 Å². The maximum Gasteiger partial charge on any atom is 0.223 e. The first-order valence-corrected chi connectivity index (χ1v) is 8.36. The monoisotopic (exact) mass is 293 g/mol. The number of nitrogens with one attached hydrogen (secondary N) is 1. The highest BCUT2D eigenvalue weighted by atomic mass is 16.2. The van der Waals surface area contributed by atoms with Crippen LogP contribution in [0.4, 0.5) is 0 Å². The lowest BCUT2D eigenvalue weighted by Crippen LogP contribution is -2.50. The second kappa shape index (κ2) is 5.95. The first kappa shape index (κ1) is 14.8. The SMILES string of the molecule is CC(=O)N1CCC(NC(=O)C2CC3CCCC(C2)C3N)C1. The Hall–Kier alpha value is -1.10. The number of hydrogen-bond acceptors (Lipinski definition) is 3. The van der Waals surface area contributed by atoms with Crippen LogP contribution in [0.15, 0.2) is 0 Å². The summed E-state index contributed by atoms with van der Waals surface area (Å²) in [5.41, 5.74) is 6.29. The van der Waals surface area contributed by atoms with Crippen LogP contribution in [0.2, 0.25) is 0 Å². The molecular weight excluding hydrogens is 266 g/mol. The fourth-order valence-electron chi connectivity index (χ4n) is 4.49. The van der Waals surface area contributed by atoms with E-state index in [0.717, 1.165) is 25.8 Å². The van der Waals surface area contributed by atoms with Crippen molar-refractivity contribution in [3.05, 3.63) is 0 Å². The predicted molar refractivity (Wildman–Crippen MR) is 80.3 cm³/mol. The minimum atomic E-state index is 0.102. The third kappa shape index (κ3) is 3.07. The summed E-state index contributed by atoms with van der Waals surface area (Å²) in [5, 5.41) is 3.16. The molecule has 3 rings (SSSR count). The molecule has 118 valence electrons. The zero-order valence-corrected chi connectivity index (χ0v) is 12.9. The smallest absolute Gasteiger partial charge is 0.223 e. The van der Waals surface area contributed by atoms with Crippen LogP contribution < -0.4 is 11.1 Å². The highest BCUT2D eigenvalue weighted by molar-refractivity contribution is 5.79. The third-order valence-electron chi connectivity index (χ3n) is 5.76. The van der Waals surface area contributed by atoms with Crippen molar-refractivity contribution in [3.8, 4) is 0 Å². The molecule has 2 saturated carbocycles. The van der Waals surface area contributed by atoms with Gasteiger partial charge in [-0.05, 0) is 43.9 Å². The average Bonchev–Trinajstić information content (AvgIpc) is 2.87. The summed E-state index contributed by atoms with van der Waals surface area (Å²) in [6.07, 6.45) is 6.42. The Kier molecular flexibility index (Phi) is 4.20. The second-order valence-corrected chi connectivity index (χ2v) is 7.16. The Labute approximate surface area is 126 Å². The number of nitrogens with zero attached hydrogens (tertiary/aromatic N) is 1. The highest BCUT2D eigenvalue weighted by Crippen LogP contribution is 2.41. The van der Waals surface area contributed by atoms with Gasteiger partial charge in [-0.25, -0.2) is 0 Å². The van der Waals surface area contributed by atoms with E-state index in [9.17, 15) is 9.59 Å². The molecule has 3 N–H and O–H groups in total. The van der Waals surface area contributed by atoms with Gasteiger partial charge in [-0.3, -0.25) is 9.59 Å². The minimum absolute atomic E-state index is 0.102. The van der Waals surface area contributed by atoms with Gasteiger partial charge in [-0.15, -0.1) is 0 Å². The van der Waals surface area contributed by atoms with Crippen LogP contribution >= 0.6 is 0 Å². The summed E-state index contributed by atoms with van der Waals surface area (Å²) in [6, 6.07) is 0.444. The number of carbonyl (C=O) groups excluding carboxylic acids is 2. The lowest BCUT2D eigenvalue weighted by molar-refractivity contribution is -0.130. The molecule has 2 amide bonds. The molecule has 3 atom stereocenters. The van der Waals surface area contributed by atoms with Gasteiger partial charge in [0, 0.05) is 38.0 Å². The van der Waals surface area contributed by atoms with Crippen molar-refractivity contribution in [1.29, 1.82) is 0 Å². The highest BCUT2D eigenvalue weighted by Gasteiger charge is 2.41. The number of carbonyl (C=O) groups is 2. The summed E-state index contributed by atoms with van der Waals surface area (Å²) in [4.78, 5) is 25.7. The molecule has 1 aliphatic heterocycles. The first-order chi connectivity index (χ1) is 10.0. The van der Waals surface area contributed by atoms with Crippen LogP contribution in [0.1, 0.15) is 45.4 Å². The van der Waals surface area contributed by atoms with Crippen LogP contribution in [-0.2, 0) is 9.59 Å². The Morgan fingerprint density at radius 1 is 1.14 bits per heavy atom. The molecule has 21 heavy (non-hydrogen) atoms. The zero-order valence-electron chi connectivity index (χ0n) is 12.9. The number of likely N-dealkylation sites (tertiary alicyclic amines) is 1. The largest absolute Gasteiger partial charge is 0.351 e. The van der Waals surface area contributed by atoms with E-state index in [1.807, 2.05) is 4.90 Å². The van der Waals surface area contributed by atoms with Gasteiger partial charge in [0.1, 0.15) is 0 Å². The van der Waals surface area contributed by atoms with Crippen molar-refractivity contribution in [3.63, 3.8) is 0 Å². The van der Waals surface area contributed by atoms with Crippen LogP contribution in [0, 0.1) is 17.8 Å². The molecule has 3 unspecified atom stereocenters. The third-order valence-corrected chi connectivity index (χ3v) is 5.76. The van der Waals surface area contributed by atoms with E-state index in [2.05, 4.69) is 5.32 Å². The molecule has 0 aromatic carbocycles. The van der Waals surface area contributed by atoms with E-state index in [1.165, 1.54) is 19.3 Å². The maximum atomic E-state index is 12.5. The lowest BCUT2D eigenvalue weighted by atomic mass is 9.65. The number of fused-ring (bicyclic) bond motifs is 2. The second-order valence-electron chi connectivity index (χ2n) is 7.16. The molecular formula is C16H27N3O2. The molecule has 0 radical (unpaired) electrons. The number of nitrogens with two attached hydrogens (primary N) is 1. The fourth-order valence-corrected chi connectivity index (χ4v) is 4.49. The van der Waals surface area contributed by atoms with Gasteiger partial charge >= 0.3 is 0 Å². The van der Waals surface area contributed by atoms with Gasteiger partial charge in [0.2, 0.25) is 11.8 Å². The van der Waals surface area contributed by atoms with Crippen molar-refractivity contribution < 1.29 is 9.59 Å². The molecule has 0 spiro atoms. The van der Waals surface area contributed by atoms with Gasteiger partial charge in [0.25, 0.3) is 0 Å². The van der Waals surface area contributed by atoms with Crippen molar-refractivity contribution in [2.45, 2.75) is 57.5 Å². The average molecular weight is 293 g/mol. The molecule has 1 saturated heterocycles. The number of amides is 2. The summed E-state index contributed by atoms with van der Waals surface area (Å²) in [5.74, 6) is 1.49. The Morgan fingerprint density at radius 3 is 2.38 bits per heavy atom. The fraction of sp³-hybridized carbons (Fsp3) is 0.875. The van der Waals surface area contributed by atoms with E-state index in [-0.39, 0.29) is 23.8 Å². The molecule has 3 fully saturated rings. The topological polar surface area (TPSA) is 75.4 Å². The maximum absolute atomic E-state index is 12.5. The molecule has 2 bridgehead atoms. The minimum Gasteiger partial charge on any atom is -0.351 e. The predicted octanol–water partition coefficient (Wildman–Crippen LogP) is 0.877. The van der Waals surface area contributed by atoms with Gasteiger partial charge in [-0.2, -0.15) is 0 Å². The van der Waals surface area contributed by atoms with Crippen LogP contribution in [-0.4, -0.2) is 41.9 Å². The summed E-state index contributed by atoms with van der Waals surface area (Å²) >= 11 is 0. The van der Waals surface area contributed by atoms with Crippen LogP contribution in [0.5, 0.6) is 0 Å². The molecule has 0 aromatic rings. The molecule has 5 heteroatoms. The van der Waals surface area contributed by atoms with E-state index in [0.29, 0.717) is 24.4 Å². The Morgan fingerprint density at radius 2 is 1.81 bits per heavy atom. The molecule has 1 heterocycles. The quantitative estimate of drug-likeness (QED) is 0.793. The Bertz CT molecular complexity index is 412. The number of rotatable bonds is 2. The van der Waals surface area contributed by atoms with Gasteiger partial charge in [0.15, 0.2) is 0 Å².